The van der Waals surface area contributed by atoms with E-state index >= 15 is 0 Å². The summed E-state index contributed by atoms with van der Waals surface area (Å²) >= 11 is 0. The number of aryl methyl sites for hydroxylation is 1. The summed E-state index contributed by atoms with van der Waals surface area (Å²) in [6.07, 6.45) is 4.57. The third-order valence-electron chi connectivity index (χ3n) is 4.23. The van der Waals surface area contributed by atoms with Crippen LogP contribution in [-0.4, -0.2) is 0 Å². The van der Waals surface area contributed by atoms with E-state index < -0.39 is 0 Å². The molecule has 0 aliphatic heterocycles. The first-order valence-corrected chi connectivity index (χ1v) is 6.52. The molecule has 0 heterocycles. The minimum atomic E-state index is 0.431. The number of rotatable bonds is 1. The van der Waals surface area contributed by atoms with Crippen molar-refractivity contribution in [1.82, 2.24) is 0 Å². The van der Waals surface area contributed by atoms with Crippen molar-refractivity contribution in [3.63, 3.8) is 0 Å². The molecule has 0 nitrogen and oxygen atoms in total. The molecule has 0 heteroatoms. The molecule has 2 aromatic rings. The highest BCUT2D eigenvalue weighted by atomic mass is 14.2. The second kappa shape index (κ2) is 4.13. The standard InChI is InChI=1S/C18H18/c1-12-8-10-16(14(3)13(12)2)18-11-9-15-6-4-5-7-17(15)18/h4-11,18H,1-3H3. The summed E-state index contributed by atoms with van der Waals surface area (Å²) in [5.74, 6) is 0.431. The van der Waals surface area contributed by atoms with Crippen LogP contribution in [0, 0.1) is 20.8 Å². The first-order chi connectivity index (χ1) is 8.68. The molecular weight excluding hydrogens is 216 g/mol. The molecule has 3 rings (SSSR count). The van der Waals surface area contributed by atoms with Gasteiger partial charge in [-0.05, 0) is 54.2 Å². The first-order valence-electron chi connectivity index (χ1n) is 6.52. The second-order valence-corrected chi connectivity index (χ2v) is 5.19. The lowest BCUT2D eigenvalue weighted by Gasteiger charge is -2.17. The topological polar surface area (TPSA) is 0 Å². The van der Waals surface area contributed by atoms with Gasteiger partial charge in [-0.25, -0.2) is 0 Å². The monoisotopic (exact) mass is 234 g/mol. The summed E-state index contributed by atoms with van der Waals surface area (Å²) < 4.78 is 0. The van der Waals surface area contributed by atoms with E-state index in [0.717, 1.165) is 0 Å². The Morgan fingerprint density at radius 3 is 2.39 bits per heavy atom. The molecule has 0 saturated heterocycles. The maximum Gasteiger partial charge on any atom is 0.0281 e. The molecule has 0 fully saturated rings. The van der Waals surface area contributed by atoms with Crippen molar-refractivity contribution in [2.45, 2.75) is 26.7 Å². The summed E-state index contributed by atoms with van der Waals surface area (Å²) in [4.78, 5) is 0. The fourth-order valence-corrected chi connectivity index (χ4v) is 2.83. The zero-order chi connectivity index (χ0) is 12.7. The van der Waals surface area contributed by atoms with E-state index in [2.05, 4.69) is 69.3 Å². The van der Waals surface area contributed by atoms with Gasteiger partial charge in [0.15, 0.2) is 0 Å². The number of benzene rings is 2. The zero-order valence-corrected chi connectivity index (χ0v) is 11.2. The van der Waals surface area contributed by atoms with Crippen LogP contribution in [0.2, 0.25) is 0 Å². The SMILES string of the molecule is Cc1ccc(C2C=Cc3ccccc32)c(C)c1C. The van der Waals surface area contributed by atoms with Crippen molar-refractivity contribution < 1.29 is 0 Å². The van der Waals surface area contributed by atoms with Gasteiger partial charge in [0.2, 0.25) is 0 Å². The van der Waals surface area contributed by atoms with E-state index in [1.54, 1.807) is 0 Å². The van der Waals surface area contributed by atoms with Crippen molar-refractivity contribution >= 4 is 6.08 Å². The molecule has 0 spiro atoms. The molecule has 0 bridgehead atoms. The van der Waals surface area contributed by atoms with E-state index in [0.29, 0.717) is 5.92 Å². The molecule has 1 aliphatic carbocycles. The average molecular weight is 234 g/mol. The van der Waals surface area contributed by atoms with Crippen molar-refractivity contribution in [3.8, 4) is 0 Å². The molecular formula is C18H18. The normalized spacial score (nSPS) is 16.9. The van der Waals surface area contributed by atoms with Crippen LogP contribution in [0.15, 0.2) is 42.5 Å². The molecule has 1 unspecified atom stereocenters. The van der Waals surface area contributed by atoms with Gasteiger partial charge in [-0.1, -0.05) is 48.6 Å². The Balaban J connectivity index is 2.14. The van der Waals surface area contributed by atoms with Crippen LogP contribution >= 0.6 is 0 Å². The van der Waals surface area contributed by atoms with Crippen LogP contribution in [0.25, 0.3) is 6.08 Å². The van der Waals surface area contributed by atoms with Crippen molar-refractivity contribution in [1.29, 1.82) is 0 Å². The molecule has 0 aromatic heterocycles. The summed E-state index contributed by atoms with van der Waals surface area (Å²) in [6.45, 7) is 6.65. The minimum absolute atomic E-state index is 0.431. The summed E-state index contributed by atoms with van der Waals surface area (Å²) in [7, 11) is 0. The molecule has 0 N–H and O–H groups in total. The van der Waals surface area contributed by atoms with E-state index in [9.17, 15) is 0 Å². The van der Waals surface area contributed by atoms with E-state index in [4.69, 9.17) is 0 Å². The molecule has 0 radical (unpaired) electrons. The zero-order valence-electron chi connectivity index (χ0n) is 11.2. The Kier molecular flexibility index (Phi) is 2.59. The Hall–Kier alpha value is -1.82. The molecule has 18 heavy (non-hydrogen) atoms. The Bertz CT molecular complexity index is 632. The smallest absolute Gasteiger partial charge is 0.0281 e. The number of fused-ring (bicyclic) bond motifs is 1. The average Bonchev–Trinajstić information content (AvgIpc) is 2.80. The predicted octanol–water partition coefficient (Wildman–Crippen LogP) is 4.77. The van der Waals surface area contributed by atoms with Crippen LogP contribution in [0.5, 0.6) is 0 Å². The van der Waals surface area contributed by atoms with E-state index in [1.165, 1.54) is 33.4 Å². The lowest BCUT2D eigenvalue weighted by Crippen LogP contribution is -2.01. The Morgan fingerprint density at radius 1 is 0.778 bits per heavy atom. The van der Waals surface area contributed by atoms with Gasteiger partial charge < -0.3 is 0 Å². The maximum atomic E-state index is 2.32. The fraction of sp³-hybridized carbons (Fsp3) is 0.222. The molecule has 0 amide bonds. The van der Waals surface area contributed by atoms with Gasteiger partial charge in [-0.3, -0.25) is 0 Å². The largest absolute Gasteiger partial charge is 0.0720 e. The van der Waals surface area contributed by atoms with Gasteiger partial charge in [0.05, 0.1) is 0 Å². The second-order valence-electron chi connectivity index (χ2n) is 5.19. The minimum Gasteiger partial charge on any atom is -0.0720 e. The maximum absolute atomic E-state index is 2.32. The molecule has 0 saturated carbocycles. The van der Waals surface area contributed by atoms with Crippen LogP contribution in [0.3, 0.4) is 0 Å². The molecule has 90 valence electrons. The van der Waals surface area contributed by atoms with Crippen molar-refractivity contribution in [3.05, 3.63) is 75.9 Å². The summed E-state index contributed by atoms with van der Waals surface area (Å²) in [6, 6.07) is 13.2. The van der Waals surface area contributed by atoms with Gasteiger partial charge in [-0.2, -0.15) is 0 Å². The number of hydrogen-bond acceptors (Lipinski definition) is 0. The predicted molar refractivity (Wildman–Crippen MR) is 78.0 cm³/mol. The van der Waals surface area contributed by atoms with Gasteiger partial charge in [-0.15, -0.1) is 0 Å². The van der Waals surface area contributed by atoms with E-state index in [-0.39, 0.29) is 0 Å². The quantitative estimate of drug-likeness (QED) is 0.666. The third kappa shape index (κ3) is 1.60. The van der Waals surface area contributed by atoms with E-state index in [1.807, 2.05) is 0 Å². The van der Waals surface area contributed by atoms with Crippen LogP contribution in [0.4, 0.5) is 0 Å². The van der Waals surface area contributed by atoms with Gasteiger partial charge in [0.25, 0.3) is 0 Å². The van der Waals surface area contributed by atoms with Gasteiger partial charge in [0, 0.05) is 5.92 Å². The lowest BCUT2D eigenvalue weighted by atomic mass is 9.87. The highest BCUT2D eigenvalue weighted by Crippen LogP contribution is 2.37. The summed E-state index contributed by atoms with van der Waals surface area (Å²) in [5.41, 5.74) is 8.47. The Labute approximate surface area is 109 Å². The summed E-state index contributed by atoms with van der Waals surface area (Å²) in [5, 5.41) is 0. The van der Waals surface area contributed by atoms with Crippen LogP contribution in [-0.2, 0) is 0 Å². The highest BCUT2D eigenvalue weighted by Gasteiger charge is 2.20. The fourth-order valence-electron chi connectivity index (χ4n) is 2.83. The van der Waals surface area contributed by atoms with Crippen molar-refractivity contribution in [2.75, 3.05) is 0 Å². The molecule has 1 aliphatic rings. The number of hydrogen-bond donors (Lipinski definition) is 0. The Morgan fingerprint density at radius 2 is 1.56 bits per heavy atom. The first kappa shape index (κ1) is 11.3. The van der Waals surface area contributed by atoms with Gasteiger partial charge in [0.1, 0.15) is 0 Å². The van der Waals surface area contributed by atoms with Crippen LogP contribution < -0.4 is 0 Å². The van der Waals surface area contributed by atoms with Gasteiger partial charge >= 0.3 is 0 Å². The highest BCUT2D eigenvalue weighted by molar-refractivity contribution is 5.66. The number of allylic oxidation sites excluding steroid dienone is 1. The van der Waals surface area contributed by atoms with Crippen molar-refractivity contribution in [2.24, 2.45) is 0 Å². The molecule has 2 aromatic carbocycles. The molecule has 1 atom stereocenters. The van der Waals surface area contributed by atoms with Crippen LogP contribution in [0.1, 0.15) is 39.3 Å². The third-order valence-corrected chi connectivity index (χ3v) is 4.23. The lowest BCUT2D eigenvalue weighted by molar-refractivity contribution is 1.01.